The summed E-state index contributed by atoms with van der Waals surface area (Å²) in [6, 6.07) is 6.36. The van der Waals surface area contributed by atoms with Crippen LogP contribution in [-0.2, 0) is 0 Å². The van der Waals surface area contributed by atoms with Crippen LogP contribution in [0.3, 0.4) is 0 Å². The van der Waals surface area contributed by atoms with Crippen LogP contribution in [-0.4, -0.2) is 5.37 Å². The number of hydrogen-bond acceptors (Lipinski definition) is 1. The van der Waals surface area contributed by atoms with Crippen LogP contribution in [0.25, 0.3) is 0 Å². The summed E-state index contributed by atoms with van der Waals surface area (Å²) in [5.74, 6) is 0. The topological polar surface area (TPSA) is 20.3 Å². The Kier molecular flexibility index (Phi) is 2.65. The fourth-order valence-electron chi connectivity index (χ4n) is 0.777. The Morgan fingerprint density at radius 2 is 1.92 bits per heavy atom. The maximum Gasteiger partial charge on any atom is 0.349 e. The molecule has 0 radical (unpaired) electrons. The lowest BCUT2D eigenvalue weighted by molar-refractivity contribution is 0.253. The lowest BCUT2D eigenvalue weighted by atomic mass is 10.2. The largest absolute Gasteiger partial charge is 0.349 e. The molecule has 0 aliphatic heterocycles. The number of anilines is 1. The third-order valence-electron chi connectivity index (χ3n) is 1.42. The van der Waals surface area contributed by atoms with Gasteiger partial charge in [-0.1, -0.05) is 22.2 Å². The first kappa shape index (κ1) is 9.00. The molecule has 1 amide bonds. The van der Waals surface area contributed by atoms with Crippen molar-refractivity contribution < 1.29 is 9.28 Å². The molecule has 0 aliphatic rings. The average Bonchev–Trinajstić information content (AvgIpc) is 2.04. The number of carbonyl (C=O) groups excluding carboxylic acids is 1. The number of nitrogens with zero attached hydrogens (tertiary/aromatic N) is 1. The van der Waals surface area contributed by atoms with Gasteiger partial charge in [-0.25, -0.2) is 0 Å². The average molecular weight is 188 g/mol. The predicted octanol–water partition coefficient (Wildman–Crippen LogP) is 3.04. The zero-order valence-corrected chi connectivity index (χ0v) is 7.18. The molecule has 0 saturated carbocycles. The van der Waals surface area contributed by atoms with Crippen LogP contribution in [0.2, 0.25) is 0 Å². The van der Waals surface area contributed by atoms with E-state index >= 15 is 0 Å². The van der Waals surface area contributed by atoms with E-state index in [-0.39, 0.29) is 10.8 Å². The number of halogens is 2. The molecule has 1 rings (SSSR count). The maximum absolute atomic E-state index is 12.7. The maximum atomic E-state index is 12.7. The van der Waals surface area contributed by atoms with Crippen LogP contribution in [0, 0.1) is 6.92 Å². The van der Waals surface area contributed by atoms with Gasteiger partial charge in [0, 0.05) is 0 Å². The first-order chi connectivity index (χ1) is 5.61. The molecule has 1 aromatic rings. The van der Waals surface area contributed by atoms with Gasteiger partial charge in [0.1, 0.15) is 0 Å². The van der Waals surface area contributed by atoms with Gasteiger partial charge >= 0.3 is 5.37 Å². The fourth-order valence-corrected chi connectivity index (χ4v) is 0.875. The molecule has 12 heavy (non-hydrogen) atoms. The Bertz CT molecular complexity index is 286. The summed E-state index contributed by atoms with van der Waals surface area (Å²) in [5.41, 5.74) is 1.13. The lowest BCUT2D eigenvalue weighted by Crippen LogP contribution is -2.13. The number of aryl methyl sites for hydroxylation is 1. The van der Waals surface area contributed by atoms with E-state index in [2.05, 4.69) is 0 Å². The highest BCUT2D eigenvalue weighted by Gasteiger charge is 2.10. The Balaban J connectivity index is 2.89. The van der Waals surface area contributed by atoms with Crippen molar-refractivity contribution in [2.75, 3.05) is 5.12 Å². The monoisotopic (exact) mass is 187 g/mol. The summed E-state index contributed by atoms with van der Waals surface area (Å²) in [6.45, 7) is 1.87. The van der Waals surface area contributed by atoms with Crippen LogP contribution in [0.5, 0.6) is 0 Å². The van der Waals surface area contributed by atoms with Gasteiger partial charge in [0.25, 0.3) is 0 Å². The SMILES string of the molecule is Cc1ccc(N(F)C(=O)Cl)cc1. The molecule has 0 N–H and O–H groups in total. The van der Waals surface area contributed by atoms with Crippen LogP contribution in [0.1, 0.15) is 5.56 Å². The van der Waals surface area contributed by atoms with E-state index in [1.807, 2.05) is 6.92 Å². The first-order valence-electron chi connectivity index (χ1n) is 3.33. The van der Waals surface area contributed by atoms with E-state index < -0.39 is 5.37 Å². The standard InChI is InChI=1S/C8H7ClFNO/c1-6-2-4-7(5-3-6)11(10)8(9)12/h2-5H,1H3. The van der Waals surface area contributed by atoms with Crippen molar-refractivity contribution in [3.05, 3.63) is 29.8 Å². The smallest absolute Gasteiger partial charge is 0.252 e. The first-order valence-corrected chi connectivity index (χ1v) is 3.71. The fraction of sp³-hybridized carbons (Fsp3) is 0.125. The van der Waals surface area contributed by atoms with E-state index in [1.54, 1.807) is 12.1 Å². The van der Waals surface area contributed by atoms with Crippen LogP contribution >= 0.6 is 11.6 Å². The van der Waals surface area contributed by atoms with E-state index in [4.69, 9.17) is 11.6 Å². The van der Waals surface area contributed by atoms with E-state index in [9.17, 15) is 9.28 Å². The number of carbonyl (C=O) groups is 1. The van der Waals surface area contributed by atoms with Crippen molar-refractivity contribution in [3.8, 4) is 0 Å². The van der Waals surface area contributed by atoms with Gasteiger partial charge in [-0.15, -0.1) is 5.12 Å². The number of rotatable bonds is 1. The van der Waals surface area contributed by atoms with Gasteiger partial charge in [0.15, 0.2) is 0 Å². The molecule has 0 heterocycles. The summed E-state index contributed by atoms with van der Waals surface area (Å²) in [6.07, 6.45) is 0. The number of benzene rings is 1. The van der Waals surface area contributed by atoms with Crippen LogP contribution in [0.15, 0.2) is 24.3 Å². The molecule has 0 aliphatic carbocycles. The third-order valence-corrected chi connectivity index (χ3v) is 1.56. The van der Waals surface area contributed by atoms with Crippen molar-refractivity contribution in [2.24, 2.45) is 0 Å². The Morgan fingerprint density at radius 3 is 2.33 bits per heavy atom. The molecule has 1 aromatic carbocycles. The molecule has 0 atom stereocenters. The molecular weight excluding hydrogens is 181 g/mol. The highest BCUT2D eigenvalue weighted by molar-refractivity contribution is 6.65. The molecular formula is C8H7ClFNO. The Hall–Kier alpha value is -1.09. The summed E-state index contributed by atoms with van der Waals surface area (Å²) in [7, 11) is 0. The second-order valence-corrected chi connectivity index (χ2v) is 2.69. The molecule has 0 fully saturated rings. The van der Waals surface area contributed by atoms with Crippen molar-refractivity contribution in [1.29, 1.82) is 0 Å². The highest BCUT2D eigenvalue weighted by Crippen LogP contribution is 2.16. The van der Waals surface area contributed by atoms with Gasteiger partial charge in [-0.2, -0.15) is 0 Å². The van der Waals surface area contributed by atoms with Crippen LogP contribution < -0.4 is 5.12 Å². The summed E-state index contributed by atoms with van der Waals surface area (Å²) >= 11 is 4.91. The highest BCUT2D eigenvalue weighted by atomic mass is 35.5. The molecule has 2 nitrogen and oxygen atoms in total. The molecule has 0 saturated heterocycles. The van der Waals surface area contributed by atoms with Crippen molar-refractivity contribution in [3.63, 3.8) is 0 Å². The third kappa shape index (κ3) is 1.95. The second kappa shape index (κ2) is 3.54. The van der Waals surface area contributed by atoms with E-state index in [0.717, 1.165) is 5.56 Å². The van der Waals surface area contributed by atoms with Gasteiger partial charge < -0.3 is 0 Å². The molecule has 0 bridgehead atoms. The minimum absolute atomic E-state index is 0.110. The van der Waals surface area contributed by atoms with Crippen LogP contribution in [0.4, 0.5) is 15.0 Å². The Morgan fingerprint density at radius 1 is 1.42 bits per heavy atom. The normalized spacial score (nSPS) is 9.58. The number of amides is 1. The molecule has 0 spiro atoms. The summed E-state index contributed by atoms with van der Waals surface area (Å²) in [5, 5.41) is -1.25. The van der Waals surface area contributed by atoms with Gasteiger partial charge in [0.05, 0.1) is 5.69 Å². The molecule has 64 valence electrons. The van der Waals surface area contributed by atoms with E-state index in [0.29, 0.717) is 0 Å². The number of hydrogen-bond donors (Lipinski definition) is 0. The second-order valence-electron chi connectivity index (χ2n) is 2.37. The molecule has 0 unspecified atom stereocenters. The Labute approximate surface area is 74.5 Å². The minimum Gasteiger partial charge on any atom is -0.252 e. The van der Waals surface area contributed by atoms with Crippen molar-refractivity contribution in [1.82, 2.24) is 0 Å². The summed E-state index contributed by atoms with van der Waals surface area (Å²) < 4.78 is 12.7. The van der Waals surface area contributed by atoms with Crippen molar-refractivity contribution >= 4 is 22.7 Å². The molecule has 0 aromatic heterocycles. The van der Waals surface area contributed by atoms with Gasteiger partial charge in [-0.3, -0.25) is 4.79 Å². The van der Waals surface area contributed by atoms with Gasteiger partial charge in [0.2, 0.25) is 0 Å². The lowest BCUT2D eigenvalue weighted by Gasteiger charge is -2.06. The molecule has 4 heteroatoms. The summed E-state index contributed by atoms with van der Waals surface area (Å²) in [4.78, 5) is 10.3. The zero-order chi connectivity index (χ0) is 9.14. The predicted molar refractivity (Wildman–Crippen MR) is 46.0 cm³/mol. The minimum atomic E-state index is -1.14. The van der Waals surface area contributed by atoms with Crippen molar-refractivity contribution in [2.45, 2.75) is 6.92 Å². The van der Waals surface area contributed by atoms with Gasteiger partial charge in [-0.05, 0) is 30.7 Å². The van der Waals surface area contributed by atoms with E-state index in [1.165, 1.54) is 12.1 Å². The quantitative estimate of drug-likeness (QED) is 0.376. The zero-order valence-electron chi connectivity index (χ0n) is 6.42.